The molecule has 4 nitrogen and oxygen atoms in total. The van der Waals surface area contributed by atoms with Gasteiger partial charge >= 0.3 is 6.36 Å². The highest BCUT2D eigenvalue weighted by atomic mass is 35.5. The predicted molar refractivity (Wildman–Crippen MR) is 122 cm³/mol. The van der Waals surface area contributed by atoms with Gasteiger partial charge < -0.3 is 14.7 Å². The predicted octanol–water partition coefficient (Wildman–Crippen LogP) is 5.23. The highest BCUT2D eigenvalue weighted by molar-refractivity contribution is 5.85. The van der Waals surface area contributed by atoms with Crippen molar-refractivity contribution >= 4 is 24.8 Å². The molecule has 1 aromatic rings. The molecule has 3 rings (SSSR count). The first kappa shape index (κ1) is 28.3. The van der Waals surface area contributed by atoms with Crippen LogP contribution in [0.25, 0.3) is 0 Å². The topological polar surface area (TPSA) is 35.9 Å². The van der Waals surface area contributed by atoms with Gasteiger partial charge in [0.2, 0.25) is 0 Å². The van der Waals surface area contributed by atoms with E-state index >= 15 is 0 Å². The fourth-order valence-corrected chi connectivity index (χ4v) is 4.90. The molecule has 9 heteroatoms. The maximum absolute atomic E-state index is 12.7. The number of halogens is 5. The summed E-state index contributed by atoms with van der Waals surface area (Å²) in [6, 6.07) is 6.66. The molecule has 1 N–H and O–H groups in total. The van der Waals surface area contributed by atoms with Crippen molar-refractivity contribution in [3.05, 3.63) is 29.8 Å². The summed E-state index contributed by atoms with van der Waals surface area (Å²) >= 11 is 0. The van der Waals surface area contributed by atoms with Crippen molar-refractivity contribution in [2.75, 3.05) is 33.2 Å². The van der Waals surface area contributed by atoms with E-state index in [-0.39, 0.29) is 36.5 Å². The van der Waals surface area contributed by atoms with Gasteiger partial charge in [0, 0.05) is 38.1 Å². The second-order valence-corrected chi connectivity index (χ2v) is 8.64. The van der Waals surface area contributed by atoms with Crippen LogP contribution < -0.4 is 4.74 Å². The summed E-state index contributed by atoms with van der Waals surface area (Å²) < 4.78 is 42.3. The molecule has 1 saturated heterocycles. The third-order valence-electron chi connectivity index (χ3n) is 6.64. The first-order valence-corrected chi connectivity index (χ1v) is 10.7. The number of hydrogen-bond acceptors (Lipinski definition) is 4. The van der Waals surface area contributed by atoms with Gasteiger partial charge in [-0.25, -0.2) is 0 Å². The Morgan fingerprint density at radius 3 is 2.45 bits per heavy atom. The zero-order valence-corrected chi connectivity index (χ0v) is 19.9. The van der Waals surface area contributed by atoms with Crippen molar-refractivity contribution in [1.82, 2.24) is 9.80 Å². The van der Waals surface area contributed by atoms with E-state index in [2.05, 4.69) is 28.5 Å². The average Bonchev–Trinajstić information content (AvgIpc) is 2.66. The normalized spacial score (nSPS) is 23.4. The van der Waals surface area contributed by atoms with E-state index < -0.39 is 12.0 Å². The lowest BCUT2D eigenvalue weighted by Gasteiger charge is -2.45. The molecule has 1 heterocycles. The quantitative estimate of drug-likeness (QED) is 0.596. The van der Waals surface area contributed by atoms with Crippen molar-refractivity contribution in [2.45, 2.75) is 69.4 Å². The molecule has 0 amide bonds. The van der Waals surface area contributed by atoms with Gasteiger partial charge in [-0.1, -0.05) is 38.3 Å². The van der Waals surface area contributed by atoms with Crippen molar-refractivity contribution < 1.29 is 23.0 Å². The highest BCUT2D eigenvalue weighted by Crippen LogP contribution is 2.41. The Hall–Kier alpha value is -0.730. The van der Waals surface area contributed by atoms with Gasteiger partial charge in [-0.05, 0) is 44.0 Å². The number of ether oxygens (including phenoxy) is 1. The number of nitrogens with zero attached hydrogens (tertiary/aromatic N) is 2. The molecule has 1 saturated carbocycles. The smallest absolute Gasteiger partial charge is 0.406 e. The molecule has 0 aromatic heterocycles. The van der Waals surface area contributed by atoms with Crippen LogP contribution in [0.5, 0.6) is 5.75 Å². The fourth-order valence-electron chi connectivity index (χ4n) is 4.90. The molecular formula is C22H35Cl2F3N2O2. The molecule has 2 atom stereocenters. The number of benzene rings is 1. The fraction of sp³-hybridized carbons (Fsp3) is 0.727. The summed E-state index contributed by atoms with van der Waals surface area (Å²) in [5.74, 6) is -0.454. The third-order valence-corrected chi connectivity index (χ3v) is 6.64. The van der Waals surface area contributed by atoms with Gasteiger partial charge in [0.25, 0.3) is 0 Å². The maximum Gasteiger partial charge on any atom is 0.573 e. The van der Waals surface area contributed by atoms with Crippen molar-refractivity contribution in [3.8, 4) is 5.75 Å². The summed E-state index contributed by atoms with van der Waals surface area (Å²) in [6.07, 6.45) is 0.704. The average molecular weight is 487 g/mol. The number of piperazine rings is 1. The van der Waals surface area contributed by atoms with Gasteiger partial charge in [-0.2, -0.15) is 0 Å². The molecule has 0 unspecified atom stereocenters. The Labute approximate surface area is 195 Å². The molecule has 0 bridgehead atoms. The van der Waals surface area contributed by atoms with E-state index in [0.717, 1.165) is 50.9 Å². The minimum absolute atomic E-state index is 0. The number of rotatable bonds is 6. The van der Waals surface area contributed by atoms with Crippen LogP contribution in [0.15, 0.2) is 24.3 Å². The summed E-state index contributed by atoms with van der Waals surface area (Å²) in [4.78, 5) is 4.72. The summed E-state index contributed by atoms with van der Waals surface area (Å²) in [7, 11) is 2.13. The van der Waals surface area contributed by atoms with E-state index in [4.69, 9.17) is 0 Å². The van der Waals surface area contributed by atoms with Crippen LogP contribution in [0, 0.1) is 0 Å². The molecule has 2 fully saturated rings. The minimum atomic E-state index is -4.72. The van der Waals surface area contributed by atoms with Crippen LogP contribution in [0.1, 0.15) is 56.9 Å². The molecule has 180 valence electrons. The van der Waals surface area contributed by atoms with E-state index in [0.29, 0.717) is 25.4 Å². The van der Waals surface area contributed by atoms with Crippen molar-refractivity contribution in [3.63, 3.8) is 0 Å². The van der Waals surface area contributed by atoms with Crippen LogP contribution in [0.3, 0.4) is 0 Å². The highest BCUT2D eigenvalue weighted by Gasteiger charge is 2.41. The van der Waals surface area contributed by atoms with Gasteiger partial charge in [0.1, 0.15) is 5.75 Å². The van der Waals surface area contributed by atoms with Crippen LogP contribution in [-0.4, -0.2) is 66.1 Å². The molecular weight excluding hydrogens is 452 g/mol. The van der Waals surface area contributed by atoms with E-state index in [1.807, 2.05) is 6.07 Å². The molecule has 2 aliphatic rings. The largest absolute Gasteiger partial charge is 0.573 e. The van der Waals surface area contributed by atoms with Crippen molar-refractivity contribution in [2.24, 2.45) is 0 Å². The third kappa shape index (κ3) is 7.67. The Bertz CT molecular complexity index is 672. The number of aliphatic hydroxyl groups is 1. The second kappa shape index (κ2) is 11.9. The standard InChI is InChI=1S/C22H33F3N2O2.2ClH/c1-3-18-15-27(13-12-26(18)2)16-20(21(28)10-5-4-6-11-21)17-8-7-9-19(14-17)29-22(23,24)25;;/h7-9,14,18,20,28H,3-6,10-13,15-16H2,1-2H3;2*1H/t18-,20-;;/m1../s1. The van der Waals surface area contributed by atoms with Gasteiger partial charge in [-0.15, -0.1) is 38.0 Å². The summed E-state index contributed by atoms with van der Waals surface area (Å²) in [5.41, 5.74) is -0.164. The maximum atomic E-state index is 12.7. The lowest BCUT2D eigenvalue weighted by atomic mass is 9.72. The number of hydrogen-bond donors (Lipinski definition) is 1. The van der Waals surface area contributed by atoms with E-state index in [9.17, 15) is 18.3 Å². The molecule has 0 radical (unpaired) electrons. The zero-order valence-electron chi connectivity index (χ0n) is 18.2. The van der Waals surface area contributed by atoms with Crippen LogP contribution in [0.4, 0.5) is 13.2 Å². The molecule has 31 heavy (non-hydrogen) atoms. The molecule has 1 aromatic carbocycles. The zero-order chi connectivity index (χ0) is 21.1. The Morgan fingerprint density at radius 2 is 1.84 bits per heavy atom. The Morgan fingerprint density at radius 1 is 1.16 bits per heavy atom. The minimum Gasteiger partial charge on any atom is -0.406 e. The Balaban J connectivity index is 0.00000240. The first-order valence-electron chi connectivity index (χ1n) is 10.7. The van der Waals surface area contributed by atoms with Crippen molar-refractivity contribution in [1.29, 1.82) is 0 Å². The van der Waals surface area contributed by atoms with Crippen LogP contribution in [-0.2, 0) is 0 Å². The summed E-state index contributed by atoms with van der Waals surface area (Å²) in [6.45, 7) is 5.60. The van der Waals surface area contributed by atoms with E-state index in [1.54, 1.807) is 6.07 Å². The Kier molecular flexibility index (Phi) is 10.9. The monoisotopic (exact) mass is 486 g/mol. The van der Waals surface area contributed by atoms with Crippen LogP contribution in [0.2, 0.25) is 0 Å². The van der Waals surface area contributed by atoms with E-state index in [1.165, 1.54) is 12.1 Å². The number of alkyl halides is 3. The molecule has 1 aliphatic carbocycles. The van der Waals surface area contributed by atoms with Gasteiger partial charge in [0.05, 0.1) is 5.60 Å². The SMILES string of the molecule is CC[C@@H]1CN(C[C@H](c2cccc(OC(F)(F)F)c2)C2(O)CCCCC2)CCN1C.Cl.Cl. The second-order valence-electron chi connectivity index (χ2n) is 8.64. The first-order chi connectivity index (χ1) is 13.7. The lowest BCUT2D eigenvalue weighted by Crippen LogP contribution is -2.54. The van der Waals surface area contributed by atoms with Gasteiger partial charge in [0.15, 0.2) is 0 Å². The number of likely N-dealkylation sites (N-methyl/N-ethyl adjacent to an activating group) is 1. The van der Waals surface area contributed by atoms with Crippen LogP contribution >= 0.6 is 24.8 Å². The molecule has 0 spiro atoms. The lowest BCUT2D eigenvalue weighted by molar-refractivity contribution is -0.274. The van der Waals surface area contributed by atoms with Gasteiger partial charge in [-0.3, -0.25) is 4.90 Å². The summed E-state index contributed by atoms with van der Waals surface area (Å²) in [5, 5.41) is 11.5. The molecule has 1 aliphatic heterocycles.